The van der Waals surface area contributed by atoms with Crippen LogP contribution in [0.2, 0.25) is 0 Å². The highest BCUT2D eigenvalue weighted by Gasteiger charge is 2.15. The molecule has 19 heavy (non-hydrogen) atoms. The second-order valence-electron chi connectivity index (χ2n) is 4.85. The van der Waals surface area contributed by atoms with Crippen molar-refractivity contribution in [3.8, 4) is 11.1 Å². The number of para-hydroxylation sites is 1. The Labute approximate surface area is 114 Å². The van der Waals surface area contributed by atoms with Crippen LogP contribution in [-0.4, -0.2) is 0 Å². The summed E-state index contributed by atoms with van der Waals surface area (Å²) < 4.78 is 2.29. The zero-order valence-electron chi connectivity index (χ0n) is 11.4. The fourth-order valence-corrected chi connectivity index (χ4v) is 2.69. The molecule has 0 radical (unpaired) electrons. The average molecular weight is 248 g/mol. The molecule has 3 aromatic rings. The lowest BCUT2D eigenvalue weighted by Crippen LogP contribution is -2.34. The Hall–Kier alpha value is -2.15. The zero-order chi connectivity index (χ0) is 13.2. The summed E-state index contributed by atoms with van der Waals surface area (Å²) in [5.74, 6) is 0. The van der Waals surface area contributed by atoms with Crippen molar-refractivity contribution in [2.45, 2.75) is 13.3 Å². The SMILES string of the molecule is CCc1cc(-c2ccccc2)c2ccccc2[n+]1C. The second kappa shape index (κ2) is 4.85. The van der Waals surface area contributed by atoms with Gasteiger partial charge in [-0.05, 0) is 11.6 Å². The van der Waals surface area contributed by atoms with E-state index in [2.05, 4.69) is 79.2 Å². The van der Waals surface area contributed by atoms with Gasteiger partial charge in [-0.1, -0.05) is 49.4 Å². The number of aromatic nitrogens is 1. The molecule has 1 heteroatoms. The van der Waals surface area contributed by atoms with E-state index in [9.17, 15) is 0 Å². The van der Waals surface area contributed by atoms with Crippen molar-refractivity contribution >= 4 is 10.9 Å². The number of fused-ring (bicyclic) bond motifs is 1. The van der Waals surface area contributed by atoms with E-state index in [1.54, 1.807) is 0 Å². The quantitative estimate of drug-likeness (QED) is 0.606. The largest absolute Gasteiger partial charge is 0.213 e. The standard InChI is InChI=1S/C18H18N/c1-3-15-13-17(14-9-5-4-6-10-14)16-11-7-8-12-18(16)19(15)2/h4-13H,3H2,1-2H3/q+1. The monoisotopic (exact) mass is 248 g/mol. The number of rotatable bonds is 2. The smallest absolute Gasteiger partial charge is 0.198 e. The first-order chi connectivity index (χ1) is 9.31. The molecule has 0 aliphatic rings. The van der Waals surface area contributed by atoms with Crippen molar-refractivity contribution in [3.63, 3.8) is 0 Å². The lowest BCUT2D eigenvalue weighted by Gasteiger charge is -2.08. The van der Waals surface area contributed by atoms with Gasteiger partial charge in [-0.2, -0.15) is 4.57 Å². The van der Waals surface area contributed by atoms with E-state index < -0.39 is 0 Å². The van der Waals surface area contributed by atoms with Gasteiger partial charge in [0.2, 0.25) is 5.52 Å². The maximum atomic E-state index is 2.32. The summed E-state index contributed by atoms with van der Waals surface area (Å²) >= 11 is 0. The van der Waals surface area contributed by atoms with Crippen molar-refractivity contribution in [1.29, 1.82) is 0 Å². The molecule has 0 bridgehead atoms. The summed E-state index contributed by atoms with van der Waals surface area (Å²) in [6.45, 7) is 2.21. The van der Waals surface area contributed by atoms with Crippen LogP contribution in [0.25, 0.3) is 22.0 Å². The molecule has 94 valence electrons. The minimum absolute atomic E-state index is 1.04. The van der Waals surface area contributed by atoms with Gasteiger partial charge < -0.3 is 0 Å². The number of aryl methyl sites for hydroxylation is 2. The van der Waals surface area contributed by atoms with Crippen LogP contribution in [0, 0.1) is 0 Å². The Bertz CT molecular complexity index is 714. The highest BCUT2D eigenvalue weighted by molar-refractivity contribution is 5.92. The average Bonchev–Trinajstić information content (AvgIpc) is 2.49. The first-order valence-corrected chi connectivity index (χ1v) is 6.77. The third-order valence-corrected chi connectivity index (χ3v) is 3.74. The fraction of sp³-hybridized carbons (Fsp3) is 0.167. The molecule has 0 aliphatic carbocycles. The lowest BCUT2D eigenvalue weighted by molar-refractivity contribution is -0.652. The van der Waals surface area contributed by atoms with Gasteiger partial charge in [-0.25, -0.2) is 0 Å². The molecule has 2 aromatic carbocycles. The van der Waals surface area contributed by atoms with Crippen LogP contribution in [0.3, 0.4) is 0 Å². The zero-order valence-corrected chi connectivity index (χ0v) is 11.4. The maximum absolute atomic E-state index is 2.32. The number of hydrogen-bond acceptors (Lipinski definition) is 0. The second-order valence-corrected chi connectivity index (χ2v) is 4.85. The molecule has 1 aromatic heterocycles. The number of pyridine rings is 1. The number of hydrogen-bond donors (Lipinski definition) is 0. The molecule has 0 saturated carbocycles. The molecule has 3 rings (SSSR count). The van der Waals surface area contributed by atoms with Crippen LogP contribution in [0.4, 0.5) is 0 Å². The lowest BCUT2D eigenvalue weighted by atomic mass is 9.99. The van der Waals surface area contributed by atoms with Crippen LogP contribution < -0.4 is 4.57 Å². The highest BCUT2D eigenvalue weighted by Crippen LogP contribution is 2.27. The summed E-state index contributed by atoms with van der Waals surface area (Å²) in [5.41, 5.74) is 5.26. The molecule has 1 heterocycles. The Morgan fingerprint density at radius 3 is 2.32 bits per heavy atom. The van der Waals surface area contributed by atoms with Crippen molar-refractivity contribution in [2.24, 2.45) is 7.05 Å². The van der Waals surface area contributed by atoms with Crippen LogP contribution in [0.15, 0.2) is 60.7 Å². The number of benzene rings is 2. The Morgan fingerprint density at radius 1 is 0.895 bits per heavy atom. The van der Waals surface area contributed by atoms with Gasteiger partial charge >= 0.3 is 0 Å². The molecule has 0 spiro atoms. The Balaban J connectivity index is 2.39. The Kier molecular flexibility index (Phi) is 3.04. The van der Waals surface area contributed by atoms with E-state index in [1.165, 1.54) is 27.7 Å². The first kappa shape index (κ1) is 11.9. The minimum atomic E-state index is 1.04. The minimum Gasteiger partial charge on any atom is -0.198 e. The van der Waals surface area contributed by atoms with E-state index in [-0.39, 0.29) is 0 Å². The van der Waals surface area contributed by atoms with E-state index in [0.717, 1.165) is 6.42 Å². The van der Waals surface area contributed by atoms with Gasteiger partial charge in [0.25, 0.3) is 0 Å². The van der Waals surface area contributed by atoms with Crippen LogP contribution in [0.1, 0.15) is 12.6 Å². The molecular weight excluding hydrogens is 230 g/mol. The predicted molar refractivity (Wildman–Crippen MR) is 79.9 cm³/mol. The number of nitrogens with zero attached hydrogens (tertiary/aromatic N) is 1. The van der Waals surface area contributed by atoms with Crippen LogP contribution >= 0.6 is 0 Å². The summed E-state index contributed by atoms with van der Waals surface area (Å²) in [6, 6.07) is 21.6. The molecule has 0 N–H and O–H groups in total. The third-order valence-electron chi connectivity index (χ3n) is 3.74. The van der Waals surface area contributed by atoms with Crippen molar-refractivity contribution in [2.75, 3.05) is 0 Å². The topological polar surface area (TPSA) is 3.88 Å². The molecule has 0 amide bonds. The van der Waals surface area contributed by atoms with Gasteiger partial charge in [-0.15, -0.1) is 0 Å². The van der Waals surface area contributed by atoms with E-state index >= 15 is 0 Å². The van der Waals surface area contributed by atoms with Crippen LogP contribution in [-0.2, 0) is 13.5 Å². The van der Waals surface area contributed by atoms with Gasteiger partial charge in [0.1, 0.15) is 7.05 Å². The highest BCUT2D eigenvalue weighted by atomic mass is 14.9. The van der Waals surface area contributed by atoms with E-state index in [0.29, 0.717) is 0 Å². The van der Waals surface area contributed by atoms with Crippen molar-refractivity contribution in [3.05, 3.63) is 66.4 Å². The fourth-order valence-electron chi connectivity index (χ4n) is 2.69. The van der Waals surface area contributed by atoms with Crippen LogP contribution in [0.5, 0.6) is 0 Å². The van der Waals surface area contributed by atoms with E-state index in [4.69, 9.17) is 0 Å². The molecule has 0 unspecified atom stereocenters. The normalized spacial score (nSPS) is 10.8. The molecule has 0 saturated heterocycles. The predicted octanol–water partition coefficient (Wildman–Crippen LogP) is 3.89. The summed E-state index contributed by atoms with van der Waals surface area (Å²) in [4.78, 5) is 0. The summed E-state index contributed by atoms with van der Waals surface area (Å²) in [7, 11) is 2.15. The molecule has 0 fully saturated rings. The first-order valence-electron chi connectivity index (χ1n) is 6.77. The maximum Gasteiger partial charge on any atom is 0.213 e. The Morgan fingerprint density at radius 2 is 1.58 bits per heavy atom. The van der Waals surface area contributed by atoms with Gasteiger partial charge in [-0.3, -0.25) is 0 Å². The van der Waals surface area contributed by atoms with Gasteiger partial charge in [0, 0.05) is 24.1 Å². The summed E-state index contributed by atoms with van der Waals surface area (Å²) in [6.07, 6.45) is 1.04. The molecule has 1 nitrogen and oxygen atoms in total. The molecule has 0 atom stereocenters. The molecule has 0 aliphatic heterocycles. The summed E-state index contributed by atoms with van der Waals surface area (Å²) in [5, 5.41) is 1.31. The van der Waals surface area contributed by atoms with Gasteiger partial charge in [0.05, 0.1) is 5.39 Å². The van der Waals surface area contributed by atoms with Gasteiger partial charge in [0.15, 0.2) is 5.69 Å². The molecular formula is C18H18N+. The van der Waals surface area contributed by atoms with Crippen molar-refractivity contribution in [1.82, 2.24) is 0 Å². The van der Waals surface area contributed by atoms with E-state index in [1.807, 2.05) is 0 Å². The van der Waals surface area contributed by atoms with Crippen molar-refractivity contribution < 1.29 is 4.57 Å². The third kappa shape index (κ3) is 2.01.